The Hall–Kier alpha value is -2.17. The van der Waals surface area contributed by atoms with Gasteiger partial charge >= 0.3 is 11.9 Å². The minimum atomic E-state index is -2.17. The fourth-order valence-corrected chi connectivity index (χ4v) is 1.61. The molecule has 1 heterocycles. The number of fused-ring (bicyclic) bond motifs is 1. The molecule has 0 bridgehead atoms. The van der Waals surface area contributed by atoms with Crippen molar-refractivity contribution in [1.29, 1.82) is 0 Å². The molecule has 2 rings (SSSR count). The number of hydrogen-bond acceptors (Lipinski definition) is 3. The summed E-state index contributed by atoms with van der Waals surface area (Å²) in [4.78, 5) is 25.7. The molecule has 0 fully saturated rings. The molecule has 1 aliphatic rings. The summed E-state index contributed by atoms with van der Waals surface area (Å²) < 4.78 is 0. The number of hydrogen-bond donors (Lipinski definition) is 2. The topological polar surface area (TPSA) is 87.0 Å². The summed E-state index contributed by atoms with van der Waals surface area (Å²) in [7, 11) is 0. The fourth-order valence-electron chi connectivity index (χ4n) is 1.61. The Balaban J connectivity index is 2.70. The van der Waals surface area contributed by atoms with Gasteiger partial charge in [0.1, 0.15) is 0 Å². The van der Waals surface area contributed by atoms with E-state index in [0.29, 0.717) is 5.56 Å². The maximum absolute atomic E-state index is 11.0. The van der Waals surface area contributed by atoms with E-state index in [4.69, 9.17) is 10.2 Å². The van der Waals surface area contributed by atoms with Crippen LogP contribution in [-0.2, 0) is 15.1 Å². The highest BCUT2D eigenvalue weighted by Gasteiger charge is 2.51. The van der Waals surface area contributed by atoms with E-state index in [1.165, 1.54) is 12.3 Å². The van der Waals surface area contributed by atoms with Gasteiger partial charge in [-0.3, -0.25) is 4.99 Å². The first-order chi connectivity index (χ1) is 7.09. The van der Waals surface area contributed by atoms with Gasteiger partial charge in [-0.05, 0) is 5.56 Å². The Morgan fingerprint density at radius 1 is 1.13 bits per heavy atom. The molecule has 0 saturated carbocycles. The molecule has 0 saturated heterocycles. The molecule has 0 unspecified atom stereocenters. The molecular formula is C10H7NO4. The summed E-state index contributed by atoms with van der Waals surface area (Å²) in [6.45, 7) is 0. The van der Waals surface area contributed by atoms with Crippen LogP contribution in [0, 0.1) is 0 Å². The number of rotatable bonds is 2. The number of nitrogens with zero attached hydrogens (tertiary/aromatic N) is 1. The van der Waals surface area contributed by atoms with Gasteiger partial charge in [0.25, 0.3) is 5.54 Å². The van der Waals surface area contributed by atoms with Crippen molar-refractivity contribution in [2.75, 3.05) is 0 Å². The number of carbonyl (C=O) groups is 2. The Bertz CT molecular complexity index is 464. The van der Waals surface area contributed by atoms with Crippen molar-refractivity contribution in [2.24, 2.45) is 4.99 Å². The molecule has 76 valence electrons. The zero-order chi connectivity index (χ0) is 11.1. The van der Waals surface area contributed by atoms with E-state index >= 15 is 0 Å². The van der Waals surface area contributed by atoms with Gasteiger partial charge in [0, 0.05) is 11.8 Å². The van der Waals surface area contributed by atoms with Crippen molar-refractivity contribution in [2.45, 2.75) is 5.54 Å². The van der Waals surface area contributed by atoms with Crippen LogP contribution in [0.5, 0.6) is 0 Å². The second kappa shape index (κ2) is 2.91. The largest absolute Gasteiger partial charge is 0.479 e. The lowest BCUT2D eigenvalue weighted by molar-refractivity contribution is -0.157. The Kier molecular flexibility index (Phi) is 1.82. The molecule has 1 aromatic rings. The van der Waals surface area contributed by atoms with E-state index in [2.05, 4.69) is 4.99 Å². The Morgan fingerprint density at radius 2 is 1.73 bits per heavy atom. The van der Waals surface area contributed by atoms with Crippen molar-refractivity contribution in [3.8, 4) is 0 Å². The second-order valence-electron chi connectivity index (χ2n) is 3.17. The SMILES string of the molecule is O=C(O)C1(C(=O)O)N=Cc2ccccc21. The van der Waals surface area contributed by atoms with Gasteiger partial charge in [-0.2, -0.15) is 0 Å². The zero-order valence-electron chi connectivity index (χ0n) is 7.54. The third-order valence-corrected chi connectivity index (χ3v) is 2.37. The van der Waals surface area contributed by atoms with E-state index in [1.807, 2.05) is 0 Å². The number of benzene rings is 1. The first kappa shape index (κ1) is 9.39. The van der Waals surface area contributed by atoms with Gasteiger partial charge in [0.05, 0.1) is 0 Å². The van der Waals surface area contributed by atoms with Crippen molar-refractivity contribution < 1.29 is 19.8 Å². The van der Waals surface area contributed by atoms with E-state index in [0.717, 1.165) is 0 Å². The molecule has 15 heavy (non-hydrogen) atoms. The molecule has 5 heteroatoms. The van der Waals surface area contributed by atoms with E-state index in [9.17, 15) is 9.59 Å². The number of aliphatic carboxylic acids is 2. The van der Waals surface area contributed by atoms with Gasteiger partial charge in [0.15, 0.2) is 0 Å². The van der Waals surface area contributed by atoms with Crippen molar-refractivity contribution in [3.05, 3.63) is 35.4 Å². The molecule has 1 aliphatic heterocycles. The zero-order valence-corrected chi connectivity index (χ0v) is 7.54. The van der Waals surface area contributed by atoms with Gasteiger partial charge in [-0.15, -0.1) is 0 Å². The van der Waals surface area contributed by atoms with Gasteiger partial charge in [-0.25, -0.2) is 9.59 Å². The van der Waals surface area contributed by atoms with Crippen LogP contribution < -0.4 is 0 Å². The summed E-state index contributed by atoms with van der Waals surface area (Å²) in [5.74, 6) is -2.95. The number of carboxylic acid groups (broad SMARTS) is 2. The molecule has 0 amide bonds. The predicted molar refractivity (Wildman–Crippen MR) is 51.0 cm³/mol. The second-order valence-corrected chi connectivity index (χ2v) is 3.17. The predicted octanol–water partition coefficient (Wildman–Crippen LogP) is 0.484. The standard InChI is InChI=1S/C10H7NO4/c12-8(13)10(9(14)15)7-4-2-1-3-6(7)5-11-10/h1-5H,(H,12,13)(H,14,15). The van der Waals surface area contributed by atoms with Crippen LogP contribution in [0.2, 0.25) is 0 Å². The quantitative estimate of drug-likeness (QED) is 0.687. The van der Waals surface area contributed by atoms with E-state index in [-0.39, 0.29) is 5.56 Å². The summed E-state index contributed by atoms with van der Waals surface area (Å²) in [5.41, 5.74) is -1.44. The third kappa shape index (κ3) is 1.06. The molecule has 1 aromatic carbocycles. The van der Waals surface area contributed by atoms with Crippen LogP contribution in [0.25, 0.3) is 0 Å². The molecule has 0 spiro atoms. The first-order valence-corrected chi connectivity index (χ1v) is 4.20. The lowest BCUT2D eigenvalue weighted by Gasteiger charge is -2.17. The molecule has 5 nitrogen and oxygen atoms in total. The van der Waals surface area contributed by atoms with Crippen LogP contribution in [0.3, 0.4) is 0 Å². The van der Waals surface area contributed by atoms with Crippen LogP contribution in [-0.4, -0.2) is 28.4 Å². The molecule has 2 N–H and O–H groups in total. The lowest BCUT2D eigenvalue weighted by atomic mass is 9.90. The first-order valence-electron chi connectivity index (χ1n) is 4.20. The molecule has 0 aliphatic carbocycles. The summed E-state index contributed by atoms with van der Waals surface area (Å²) in [5, 5.41) is 18.0. The summed E-state index contributed by atoms with van der Waals surface area (Å²) >= 11 is 0. The average Bonchev–Trinajstić information content (AvgIpc) is 2.57. The van der Waals surface area contributed by atoms with Crippen molar-refractivity contribution in [3.63, 3.8) is 0 Å². The van der Waals surface area contributed by atoms with Gasteiger partial charge < -0.3 is 10.2 Å². The number of aliphatic imine (C=N–C) groups is 1. The fraction of sp³-hybridized carbons (Fsp3) is 0.100. The Labute approximate surface area is 84.7 Å². The smallest absolute Gasteiger partial charge is 0.348 e. The van der Waals surface area contributed by atoms with Gasteiger partial charge in [0.2, 0.25) is 0 Å². The van der Waals surface area contributed by atoms with Gasteiger partial charge in [-0.1, -0.05) is 24.3 Å². The van der Waals surface area contributed by atoms with Crippen molar-refractivity contribution >= 4 is 18.2 Å². The monoisotopic (exact) mass is 205 g/mol. The molecule has 0 atom stereocenters. The maximum Gasteiger partial charge on any atom is 0.348 e. The maximum atomic E-state index is 11.0. The average molecular weight is 205 g/mol. The molecule has 0 radical (unpaired) electrons. The highest BCUT2D eigenvalue weighted by Crippen LogP contribution is 2.33. The van der Waals surface area contributed by atoms with Crippen molar-refractivity contribution in [1.82, 2.24) is 0 Å². The van der Waals surface area contributed by atoms with Crippen LogP contribution in [0.1, 0.15) is 11.1 Å². The highest BCUT2D eigenvalue weighted by molar-refractivity contribution is 6.10. The van der Waals surface area contributed by atoms with Crippen LogP contribution in [0.4, 0.5) is 0 Å². The van der Waals surface area contributed by atoms with E-state index < -0.39 is 17.5 Å². The minimum Gasteiger partial charge on any atom is -0.479 e. The van der Waals surface area contributed by atoms with E-state index in [1.54, 1.807) is 18.2 Å². The normalized spacial score (nSPS) is 16.0. The van der Waals surface area contributed by atoms with Crippen LogP contribution in [0.15, 0.2) is 29.3 Å². The molecular weight excluding hydrogens is 198 g/mol. The lowest BCUT2D eigenvalue weighted by Crippen LogP contribution is -2.40. The highest BCUT2D eigenvalue weighted by atomic mass is 16.4. The minimum absolute atomic E-state index is 0.199. The summed E-state index contributed by atoms with van der Waals surface area (Å²) in [6.07, 6.45) is 1.28. The molecule has 0 aromatic heterocycles. The summed E-state index contributed by atoms with van der Waals surface area (Å²) in [6, 6.07) is 6.38. The Morgan fingerprint density at radius 3 is 2.33 bits per heavy atom. The third-order valence-electron chi connectivity index (χ3n) is 2.37. The van der Waals surface area contributed by atoms with Crippen LogP contribution >= 0.6 is 0 Å². The number of carboxylic acids is 2.